The summed E-state index contributed by atoms with van der Waals surface area (Å²) >= 11 is 0. The van der Waals surface area contributed by atoms with Crippen LogP contribution in [0.25, 0.3) is 0 Å². The van der Waals surface area contributed by atoms with Gasteiger partial charge in [0.2, 0.25) is 0 Å². The predicted molar refractivity (Wildman–Crippen MR) is 69.7 cm³/mol. The van der Waals surface area contributed by atoms with Crippen molar-refractivity contribution in [3.05, 3.63) is 18.5 Å². The second-order valence-electron chi connectivity index (χ2n) is 4.24. The van der Waals surface area contributed by atoms with Gasteiger partial charge in [-0.15, -0.1) is 0 Å². The first-order chi connectivity index (χ1) is 9.04. The molecule has 0 bridgehead atoms. The number of carbonyl (C=O) groups is 2. The Morgan fingerprint density at radius 1 is 1.37 bits per heavy atom. The van der Waals surface area contributed by atoms with Gasteiger partial charge in [0, 0.05) is 18.9 Å². The maximum Gasteiger partial charge on any atom is 0.329 e. The summed E-state index contributed by atoms with van der Waals surface area (Å²) in [6, 6.07) is 1.32. The second kappa shape index (κ2) is 6.77. The van der Waals surface area contributed by atoms with Gasteiger partial charge in [-0.1, -0.05) is 13.8 Å². The first kappa shape index (κ1) is 15.0. The van der Waals surface area contributed by atoms with E-state index in [-0.39, 0.29) is 0 Å². The summed E-state index contributed by atoms with van der Waals surface area (Å²) < 4.78 is 1.68. The Morgan fingerprint density at radius 2 is 2.05 bits per heavy atom. The van der Waals surface area contributed by atoms with E-state index in [1.54, 1.807) is 37.0 Å². The molecule has 0 aliphatic rings. The minimum Gasteiger partial charge on any atom is -0.480 e. The number of amides is 2. The Hall–Kier alpha value is -2.05. The molecule has 3 N–H and O–H groups in total. The molecular formula is C12H20N4O3. The number of urea groups is 1. The molecule has 0 radical (unpaired) electrons. The molecule has 7 heteroatoms. The van der Waals surface area contributed by atoms with Crippen LogP contribution in [0.2, 0.25) is 0 Å². The Bertz CT molecular complexity index is 413. The third kappa shape index (κ3) is 3.97. The summed E-state index contributed by atoms with van der Waals surface area (Å²) in [6.07, 6.45) is 4.12. The summed E-state index contributed by atoms with van der Waals surface area (Å²) in [4.78, 5) is 22.9. The fourth-order valence-electron chi connectivity index (χ4n) is 1.76. The van der Waals surface area contributed by atoms with Gasteiger partial charge in [-0.25, -0.2) is 9.59 Å². The molecule has 1 heterocycles. The van der Waals surface area contributed by atoms with Crippen LogP contribution in [0, 0.1) is 0 Å². The van der Waals surface area contributed by atoms with Crippen molar-refractivity contribution in [3.63, 3.8) is 0 Å². The normalized spacial score (nSPS) is 11.1. The zero-order valence-corrected chi connectivity index (χ0v) is 11.2. The van der Waals surface area contributed by atoms with E-state index >= 15 is 0 Å². The van der Waals surface area contributed by atoms with Gasteiger partial charge in [-0.05, 0) is 18.9 Å². The van der Waals surface area contributed by atoms with Gasteiger partial charge in [0.05, 0.1) is 6.54 Å². The van der Waals surface area contributed by atoms with Gasteiger partial charge in [-0.3, -0.25) is 4.68 Å². The van der Waals surface area contributed by atoms with Gasteiger partial charge in [0.1, 0.15) is 5.54 Å². The molecule has 0 saturated carbocycles. The predicted octanol–water partition coefficient (Wildman–Crippen LogP) is 0.826. The van der Waals surface area contributed by atoms with E-state index in [2.05, 4.69) is 15.7 Å². The Balaban J connectivity index is 2.43. The lowest BCUT2D eigenvalue weighted by atomic mass is 9.93. The van der Waals surface area contributed by atoms with Crippen molar-refractivity contribution in [1.29, 1.82) is 0 Å². The Kier molecular flexibility index (Phi) is 5.35. The molecule has 1 aromatic heterocycles. The molecule has 0 aromatic carbocycles. The van der Waals surface area contributed by atoms with Crippen LogP contribution in [0.4, 0.5) is 4.79 Å². The molecule has 0 saturated heterocycles. The summed E-state index contributed by atoms with van der Waals surface area (Å²) in [6.45, 7) is 4.40. The number of hydrogen-bond acceptors (Lipinski definition) is 3. The molecule has 0 spiro atoms. The van der Waals surface area contributed by atoms with Crippen molar-refractivity contribution >= 4 is 12.0 Å². The average Bonchev–Trinajstić information content (AvgIpc) is 2.89. The minimum absolute atomic E-state index is 0.339. The van der Waals surface area contributed by atoms with E-state index in [0.717, 1.165) is 0 Å². The number of nitrogens with one attached hydrogen (secondary N) is 2. The molecule has 0 unspecified atom stereocenters. The first-order valence-electron chi connectivity index (χ1n) is 6.31. The summed E-state index contributed by atoms with van der Waals surface area (Å²) in [5, 5.41) is 18.3. The van der Waals surface area contributed by atoms with E-state index in [1.807, 2.05) is 0 Å². The topological polar surface area (TPSA) is 96.3 Å². The maximum absolute atomic E-state index is 11.7. The van der Waals surface area contributed by atoms with Crippen LogP contribution in [0.1, 0.15) is 26.7 Å². The maximum atomic E-state index is 11.7. The van der Waals surface area contributed by atoms with Crippen LogP contribution in [0.5, 0.6) is 0 Å². The SMILES string of the molecule is CCC(CC)(NC(=O)NCCn1cccn1)C(=O)O. The highest BCUT2D eigenvalue weighted by Gasteiger charge is 2.36. The zero-order valence-electron chi connectivity index (χ0n) is 11.2. The molecule has 1 aromatic rings. The summed E-state index contributed by atoms with van der Waals surface area (Å²) in [5.41, 5.74) is -1.20. The summed E-state index contributed by atoms with van der Waals surface area (Å²) in [5.74, 6) is -1.01. The molecule has 0 aliphatic heterocycles. The van der Waals surface area contributed by atoms with Crippen LogP contribution in [0.3, 0.4) is 0 Å². The summed E-state index contributed by atoms with van der Waals surface area (Å²) in [7, 11) is 0. The zero-order chi connectivity index (χ0) is 14.3. The number of carbonyl (C=O) groups excluding carboxylic acids is 1. The average molecular weight is 268 g/mol. The van der Waals surface area contributed by atoms with E-state index in [4.69, 9.17) is 0 Å². The number of rotatable bonds is 7. The van der Waals surface area contributed by atoms with Crippen molar-refractivity contribution in [2.75, 3.05) is 6.54 Å². The molecule has 106 valence electrons. The lowest BCUT2D eigenvalue weighted by Crippen LogP contribution is -2.56. The third-order valence-corrected chi connectivity index (χ3v) is 3.15. The number of carboxylic acids is 1. The molecular weight excluding hydrogens is 248 g/mol. The van der Waals surface area contributed by atoms with Crippen molar-refractivity contribution in [1.82, 2.24) is 20.4 Å². The number of carboxylic acid groups (broad SMARTS) is 1. The van der Waals surface area contributed by atoms with Crippen LogP contribution < -0.4 is 10.6 Å². The van der Waals surface area contributed by atoms with E-state index < -0.39 is 17.5 Å². The highest BCUT2D eigenvalue weighted by atomic mass is 16.4. The number of hydrogen-bond donors (Lipinski definition) is 3. The Morgan fingerprint density at radius 3 is 2.53 bits per heavy atom. The number of aromatic nitrogens is 2. The van der Waals surface area contributed by atoms with Gasteiger partial charge >= 0.3 is 12.0 Å². The molecule has 0 atom stereocenters. The van der Waals surface area contributed by atoms with E-state index in [1.165, 1.54) is 0 Å². The molecule has 1 rings (SSSR count). The van der Waals surface area contributed by atoms with Gasteiger partial charge in [0.25, 0.3) is 0 Å². The molecule has 2 amide bonds. The second-order valence-corrected chi connectivity index (χ2v) is 4.24. The fraction of sp³-hybridized carbons (Fsp3) is 0.583. The quantitative estimate of drug-likeness (QED) is 0.682. The highest BCUT2D eigenvalue weighted by Crippen LogP contribution is 2.14. The lowest BCUT2D eigenvalue weighted by molar-refractivity contribution is -0.144. The van der Waals surface area contributed by atoms with Crippen molar-refractivity contribution in [2.45, 2.75) is 38.8 Å². The van der Waals surface area contributed by atoms with Gasteiger partial charge < -0.3 is 15.7 Å². The minimum atomic E-state index is -1.20. The first-order valence-corrected chi connectivity index (χ1v) is 6.31. The van der Waals surface area contributed by atoms with Crippen molar-refractivity contribution in [2.24, 2.45) is 0 Å². The standard InChI is InChI=1S/C12H20N4O3/c1-3-12(4-2,10(17)18)15-11(19)13-7-9-16-8-5-6-14-16/h5-6,8H,3-4,7,9H2,1-2H3,(H,17,18)(H2,13,15,19). The van der Waals surface area contributed by atoms with Crippen LogP contribution in [-0.2, 0) is 11.3 Å². The number of aliphatic carboxylic acids is 1. The van der Waals surface area contributed by atoms with Crippen molar-refractivity contribution < 1.29 is 14.7 Å². The van der Waals surface area contributed by atoms with E-state index in [0.29, 0.717) is 25.9 Å². The van der Waals surface area contributed by atoms with E-state index in [9.17, 15) is 14.7 Å². The monoisotopic (exact) mass is 268 g/mol. The molecule has 0 aliphatic carbocycles. The molecule has 19 heavy (non-hydrogen) atoms. The van der Waals surface area contributed by atoms with Crippen LogP contribution >= 0.6 is 0 Å². The van der Waals surface area contributed by atoms with Crippen molar-refractivity contribution in [3.8, 4) is 0 Å². The highest BCUT2D eigenvalue weighted by molar-refractivity contribution is 5.86. The Labute approximate surface area is 112 Å². The van der Waals surface area contributed by atoms with Crippen LogP contribution in [-0.4, -0.2) is 39.0 Å². The van der Waals surface area contributed by atoms with Gasteiger partial charge in [0.15, 0.2) is 0 Å². The number of nitrogens with zero attached hydrogens (tertiary/aromatic N) is 2. The largest absolute Gasteiger partial charge is 0.480 e. The fourth-order valence-corrected chi connectivity index (χ4v) is 1.76. The molecule has 0 fully saturated rings. The molecule has 7 nitrogen and oxygen atoms in total. The lowest BCUT2D eigenvalue weighted by Gasteiger charge is -2.28. The van der Waals surface area contributed by atoms with Crippen LogP contribution in [0.15, 0.2) is 18.5 Å². The third-order valence-electron chi connectivity index (χ3n) is 3.15. The van der Waals surface area contributed by atoms with Gasteiger partial charge in [-0.2, -0.15) is 5.10 Å². The smallest absolute Gasteiger partial charge is 0.329 e.